The van der Waals surface area contributed by atoms with Gasteiger partial charge in [-0.3, -0.25) is 4.79 Å². The summed E-state index contributed by atoms with van der Waals surface area (Å²) in [5.74, 6) is 1.73. The topological polar surface area (TPSA) is 42.0 Å². The Morgan fingerprint density at radius 2 is 1.92 bits per heavy atom. The first kappa shape index (κ1) is 16.3. The van der Waals surface area contributed by atoms with Crippen molar-refractivity contribution in [1.29, 1.82) is 0 Å². The average Bonchev–Trinajstić information content (AvgIpc) is 3.34. The van der Waals surface area contributed by atoms with Crippen molar-refractivity contribution in [2.45, 2.75) is 19.4 Å². The Morgan fingerprint density at radius 1 is 1.12 bits per heavy atom. The van der Waals surface area contributed by atoms with E-state index in [1.54, 1.807) is 11.3 Å². The number of benzene rings is 1. The maximum absolute atomic E-state index is 12.7. The summed E-state index contributed by atoms with van der Waals surface area (Å²) in [7, 11) is 0. The average molecular weight is 358 g/mol. The van der Waals surface area contributed by atoms with Crippen LogP contribution in [0.2, 0.25) is 0 Å². The molecule has 5 nitrogen and oxygen atoms in total. The van der Waals surface area contributed by atoms with Crippen molar-refractivity contribution in [2.24, 2.45) is 0 Å². The van der Waals surface area contributed by atoms with Crippen molar-refractivity contribution in [1.82, 2.24) is 4.90 Å². The molecule has 1 aromatic heterocycles. The standard InChI is InChI=1S/C19H22N2O3S/c22-19(20-7-1-2-8-20)14-21(13-16-4-3-11-25-16)15-5-6-17-18(12-15)24-10-9-23-17/h3-6,11-12H,1-2,7-10,13-14H2. The van der Waals surface area contributed by atoms with Crippen LogP contribution >= 0.6 is 11.3 Å². The summed E-state index contributed by atoms with van der Waals surface area (Å²) in [4.78, 5) is 18.0. The fourth-order valence-electron chi connectivity index (χ4n) is 3.29. The van der Waals surface area contributed by atoms with E-state index in [0.29, 0.717) is 19.8 Å². The van der Waals surface area contributed by atoms with Crippen LogP contribution in [0.1, 0.15) is 17.7 Å². The van der Waals surface area contributed by atoms with Crippen LogP contribution in [0.15, 0.2) is 35.7 Å². The van der Waals surface area contributed by atoms with E-state index >= 15 is 0 Å². The summed E-state index contributed by atoms with van der Waals surface area (Å²) in [5, 5.41) is 2.07. The third-order valence-corrected chi connectivity index (χ3v) is 5.46. The van der Waals surface area contributed by atoms with Crippen LogP contribution < -0.4 is 14.4 Å². The molecule has 0 atom stereocenters. The second kappa shape index (κ2) is 7.35. The Hall–Kier alpha value is -2.21. The van der Waals surface area contributed by atoms with E-state index in [1.807, 2.05) is 29.2 Å². The Labute approximate surface area is 151 Å². The van der Waals surface area contributed by atoms with Gasteiger partial charge in [-0.2, -0.15) is 0 Å². The molecule has 3 heterocycles. The third kappa shape index (κ3) is 3.74. The number of fused-ring (bicyclic) bond motifs is 1. The molecule has 2 aliphatic rings. The lowest BCUT2D eigenvalue weighted by Gasteiger charge is -2.28. The highest BCUT2D eigenvalue weighted by Gasteiger charge is 2.22. The fourth-order valence-corrected chi connectivity index (χ4v) is 4.01. The number of carbonyl (C=O) groups excluding carboxylic acids is 1. The summed E-state index contributed by atoms with van der Waals surface area (Å²) in [6, 6.07) is 10.1. The van der Waals surface area contributed by atoms with E-state index < -0.39 is 0 Å². The van der Waals surface area contributed by atoms with Crippen LogP contribution in [-0.2, 0) is 11.3 Å². The molecule has 1 amide bonds. The van der Waals surface area contributed by atoms with Crippen molar-refractivity contribution in [3.8, 4) is 11.5 Å². The maximum Gasteiger partial charge on any atom is 0.242 e. The first-order valence-corrected chi connectivity index (χ1v) is 9.62. The Morgan fingerprint density at radius 3 is 2.68 bits per heavy atom. The number of thiophene rings is 1. The molecule has 2 aromatic rings. The minimum atomic E-state index is 0.198. The van der Waals surface area contributed by atoms with Crippen LogP contribution in [0.3, 0.4) is 0 Å². The van der Waals surface area contributed by atoms with E-state index in [0.717, 1.165) is 49.7 Å². The monoisotopic (exact) mass is 358 g/mol. The van der Waals surface area contributed by atoms with Gasteiger partial charge in [0.2, 0.25) is 5.91 Å². The quantitative estimate of drug-likeness (QED) is 0.823. The van der Waals surface area contributed by atoms with E-state index in [9.17, 15) is 4.79 Å². The smallest absolute Gasteiger partial charge is 0.242 e. The van der Waals surface area contributed by atoms with Crippen molar-refractivity contribution in [3.05, 3.63) is 40.6 Å². The van der Waals surface area contributed by atoms with Gasteiger partial charge in [0.15, 0.2) is 11.5 Å². The molecule has 1 saturated heterocycles. The second-order valence-corrected chi connectivity index (χ2v) is 7.38. The van der Waals surface area contributed by atoms with Crippen LogP contribution in [0.4, 0.5) is 5.69 Å². The van der Waals surface area contributed by atoms with E-state index in [-0.39, 0.29) is 5.91 Å². The van der Waals surface area contributed by atoms with E-state index in [4.69, 9.17) is 9.47 Å². The zero-order chi connectivity index (χ0) is 17.1. The number of likely N-dealkylation sites (tertiary alicyclic amines) is 1. The first-order valence-electron chi connectivity index (χ1n) is 8.74. The van der Waals surface area contributed by atoms with E-state index in [2.05, 4.69) is 16.3 Å². The molecule has 4 rings (SSSR count). The lowest BCUT2D eigenvalue weighted by Crippen LogP contribution is -2.38. The van der Waals surface area contributed by atoms with E-state index in [1.165, 1.54) is 4.88 Å². The Bertz CT molecular complexity index is 726. The summed E-state index contributed by atoms with van der Waals surface area (Å²) < 4.78 is 11.3. The normalized spacial score (nSPS) is 16.1. The SMILES string of the molecule is O=C(CN(Cc1cccs1)c1ccc2c(c1)OCCO2)N1CCCC1. The molecule has 0 radical (unpaired) electrons. The summed E-state index contributed by atoms with van der Waals surface area (Å²) in [6.07, 6.45) is 2.22. The number of rotatable bonds is 5. The molecule has 6 heteroatoms. The van der Waals surface area contributed by atoms with Gasteiger partial charge in [0, 0.05) is 29.7 Å². The van der Waals surface area contributed by atoms with Gasteiger partial charge < -0.3 is 19.3 Å². The number of anilines is 1. The largest absolute Gasteiger partial charge is 0.486 e. The predicted octanol–water partition coefficient (Wildman–Crippen LogP) is 3.15. The molecule has 0 bridgehead atoms. The number of ether oxygens (including phenoxy) is 2. The molecule has 0 aliphatic carbocycles. The zero-order valence-electron chi connectivity index (χ0n) is 14.1. The minimum absolute atomic E-state index is 0.198. The minimum Gasteiger partial charge on any atom is -0.486 e. The highest BCUT2D eigenvalue weighted by Crippen LogP contribution is 2.34. The third-order valence-electron chi connectivity index (χ3n) is 4.60. The summed E-state index contributed by atoms with van der Waals surface area (Å²) in [5.41, 5.74) is 0.991. The highest BCUT2D eigenvalue weighted by atomic mass is 32.1. The molecular formula is C19H22N2O3S. The molecule has 0 spiro atoms. The molecule has 0 saturated carbocycles. The molecule has 1 aromatic carbocycles. The van der Waals surface area contributed by atoms with Crippen LogP contribution in [0.25, 0.3) is 0 Å². The lowest BCUT2D eigenvalue weighted by molar-refractivity contribution is -0.128. The number of hydrogen-bond donors (Lipinski definition) is 0. The number of amides is 1. The first-order chi connectivity index (χ1) is 12.3. The zero-order valence-corrected chi connectivity index (χ0v) is 15.0. The van der Waals surface area contributed by atoms with Gasteiger partial charge in [0.1, 0.15) is 13.2 Å². The van der Waals surface area contributed by atoms with Gasteiger partial charge in [0.05, 0.1) is 13.1 Å². The lowest BCUT2D eigenvalue weighted by atomic mass is 10.2. The van der Waals surface area contributed by atoms with Crippen molar-refractivity contribution in [2.75, 3.05) is 37.7 Å². The van der Waals surface area contributed by atoms with Gasteiger partial charge in [-0.05, 0) is 36.4 Å². The highest BCUT2D eigenvalue weighted by molar-refractivity contribution is 7.09. The van der Waals surface area contributed by atoms with Crippen molar-refractivity contribution < 1.29 is 14.3 Å². The summed E-state index contributed by atoms with van der Waals surface area (Å²) in [6.45, 7) is 4.01. The van der Waals surface area contributed by atoms with Crippen LogP contribution in [0.5, 0.6) is 11.5 Å². The van der Waals surface area contributed by atoms with Gasteiger partial charge >= 0.3 is 0 Å². The molecule has 2 aliphatic heterocycles. The molecule has 0 N–H and O–H groups in total. The number of nitrogens with zero attached hydrogens (tertiary/aromatic N) is 2. The second-order valence-electron chi connectivity index (χ2n) is 6.35. The number of hydrogen-bond acceptors (Lipinski definition) is 5. The Balaban J connectivity index is 1.56. The molecule has 25 heavy (non-hydrogen) atoms. The van der Waals surface area contributed by atoms with Crippen LogP contribution in [-0.4, -0.2) is 43.7 Å². The molecule has 132 valence electrons. The number of carbonyl (C=O) groups is 1. The van der Waals surface area contributed by atoms with Gasteiger partial charge in [-0.1, -0.05) is 6.07 Å². The van der Waals surface area contributed by atoms with Gasteiger partial charge in [-0.15, -0.1) is 11.3 Å². The van der Waals surface area contributed by atoms with Crippen molar-refractivity contribution in [3.63, 3.8) is 0 Å². The Kier molecular flexibility index (Phi) is 4.78. The van der Waals surface area contributed by atoms with Gasteiger partial charge in [0.25, 0.3) is 0 Å². The van der Waals surface area contributed by atoms with Crippen molar-refractivity contribution >= 4 is 22.9 Å². The maximum atomic E-state index is 12.7. The molecule has 0 unspecified atom stereocenters. The predicted molar refractivity (Wildman–Crippen MR) is 98.6 cm³/mol. The van der Waals surface area contributed by atoms with Gasteiger partial charge in [-0.25, -0.2) is 0 Å². The van der Waals surface area contributed by atoms with Crippen LogP contribution in [0, 0.1) is 0 Å². The fraction of sp³-hybridized carbons (Fsp3) is 0.421. The molecular weight excluding hydrogens is 336 g/mol. The molecule has 1 fully saturated rings. The summed E-state index contributed by atoms with van der Waals surface area (Å²) >= 11 is 1.71.